The molecule has 0 bridgehead atoms. The molecule has 0 saturated carbocycles. The molecule has 3 rings (SSSR count). The summed E-state index contributed by atoms with van der Waals surface area (Å²) >= 11 is 0. The van der Waals surface area contributed by atoms with Crippen LogP contribution in [0, 0.1) is 17.2 Å². The van der Waals surface area contributed by atoms with E-state index in [1.165, 1.54) is 12.0 Å². The summed E-state index contributed by atoms with van der Waals surface area (Å²) in [6.07, 6.45) is 0.00806. The monoisotopic (exact) mass is 393 g/mol. The molecule has 1 N–H and O–H groups in total. The Morgan fingerprint density at radius 3 is 2.62 bits per heavy atom. The minimum absolute atomic E-state index is 0.00806. The summed E-state index contributed by atoms with van der Waals surface area (Å²) in [6, 6.07) is 15.3. The average Bonchev–Trinajstić information content (AvgIpc) is 3.14. The molecule has 148 valence electrons. The van der Waals surface area contributed by atoms with Crippen molar-refractivity contribution >= 4 is 29.2 Å². The molecular formula is C21H19N3O5. The lowest BCUT2D eigenvalue weighted by Gasteiger charge is -2.19. The summed E-state index contributed by atoms with van der Waals surface area (Å²) in [5.41, 5.74) is 1.55. The average molecular weight is 393 g/mol. The van der Waals surface area contributed by atoms with Gasteiger partial charge in [-0.3, -0.25) is 14.4 Å². The molecule has 1 atom stereocenters. The quantitative estimate of drug-likeness (QED) is 0.753. The van der Waals surface area contributed by atoms with E-state index >= 15 is 0 Å². The van der Waals surface area contributed by atoms with E-state index in [2.05, 4.69) is 5.32 Å². The molecule has 0 radical (unpaired) electrons. The van der Waals surface area contributed by atoms with Crippen molar-refractivity contribution in [2.45, 2.75) is 6.42 Å². The number of hydrogen-bond donors (Lipinski definition) is 1. The third-order valence-corrected chi connectivity index (χ3v) is 4.48. The SMILES string of the molecule is COc1ccccc1N1C[C@H](C(=O)OCC(=O)Nc2ccc(C#N)cc2)CC1=O. The predicted molar refractivity (Wildman–Crippen MR) is 104 cm³/mol. The lowest BCUT2D eigenvalue weighted by atomic mass is 10.1. The number of benzene rings is 2. The van der Waals surface area contributed by atoms with Crippen molar-refractivity contribution < 1.29 is 23.9 Å². The lowest BCUT2D eigenvalue weighted by Crippen LogP contribution is -2.28. The second-order valence-corrected chi connectivity index (χ2v) is 6.42. The van der Waals surface area contributed by atoms with E-state index in [0.717, 1.165) is 0 Å². The molecule has 8 nitrogen and oxygen atoms in total. The van der Waals surface area contributed by atoms with Gasteiger partial charge in [0, 0.05) is 18.7 Å². The molecule has 29 heavy (non-hydrogen) atoms. The van der Waals surface area contributed by atoms with Crippen LogP contribution in [0.5, 0.6) is 5.75 Å². The van der Waals surface area contributed by atoms with Crippen molar-refractivity contribution in [2.24, 2.45) is 5.92 Å². The molecule has 0 aliphatic carbocycles. The molecule has 1 fully saturated rings. The summed E-state index contributed by atoms with van der Waals surface area (Å²) in [4.78, 5) is 38.1. The van der Waals surface area contributed by atoms with Gasteiger partial charge in [0.05, 0.1) is 30.3 Å². The molecule has 1 heterocycles. The van der Waals surface area contributed by atoms with Crippen LogP contribution in [0.3, 0.4) is 0 Å². The maximum Gasteiger partial charge on any atom is 0.311 e. The van der Waals surface area contributed by atoms with Crippen LogP contribution in [0.4, 0.5) is 11.4 Å². The summed E-state index contributed by atoms with van der Waals surface area (Å²) in [7, 11) is 1.51. The van der Waals surface area contributed by atoms with Crippen LogP contribution < -0.4 is 15.0 Å². The first-order chi connectivity index (χ1) is 14.0. The van der Waals surface area contributed by atoms with Crippen LogP contribution in [0.1, 0.15) is 12.0 Å². The molecule has 2 amide bonds. The van der Waals surface area contributed by atoms with Crippen molar-refractivity contribution in [3.8, 4) is 11.8 Å². The molecule has 2 aromatic rings. The van der Waals surface area contributed by atoms with Crippen LogP contribution >= 0.6 is 0 Å². The van der Waals surface area contributed by atoms with Crippen molar-refractivity contribution in [1.82, 2.24) is 0 Å². The molecule has 0 aromatic heterocycles. The van der Waals surface area contributed by atoms with E-state index in [1.807, 2.05) is 6.07 Å². The summed E-state index contributed by atoms with van der Waals surface area (Å²) < 4.78 is 10.4. The number of rotatable bonds is 6. The molecule has 1 aliphatic heterocycles. The Morgan fingerprint density at radius 2 is 1.93 bits per heavy atom. The van der Waals surface area contributed by atoms with E-state index in [9.17, 15) is 14.4 Å². The fraction of sp³-hybridized carbons (Fsp3) is 0.238. The maximum absolute atomic E-state index is 12.3. The first-order valence-corrected chi connectivity index (χ1v) is 8.92. The van der Waals surface area contributed by atoms with Crippen LogP contribution in [-0.2, 0) is 19.1 Å². The Labute approximate surface area is 167 Å². The molecule has 8 heteroatoms. The third-order valence-electron chi connectivity index (χ3n) is 4.48. The standard InChI is InChI=1S/C21H19N3O5/c1-28-18-5-3-2-4-17(18)24-12-15(10-20(24)26)21(27)29-13-19(25)23-16-8-6-14(11-22)7-9-16/h2-9,15H,10,12-13H2,1H3,(H,23,25)/t15-/m1/s1. The molecule has 1 saturated heterocycles. The largest absolute Gasteiger partial charge is 0.495 e. The van der Waals surface area contributed by atoms with E-state index < -0.39 is 24.4 Å². The van der Waals surface area contributed by atoms with Crippen LogP contribution in [0.15, 0.2) is 48.5 Å². The zero-order valence-corrected chi connectivity index (χ0v) is 15.8. The van der Waals surface area contributed by atoms with Gasteiger partial charge in [0.2, 0.25) is 5.91 Å². The van der Waals surface area contributed by atoms with E-state index in [4.69, 9.17) is 14.7 Å². The van der Waals surface area contributed by atoms with Gasteiger partial charge < -0.3 is 19.7 Å². The van der Waals surface area contributed by atoms with Gasteiger partial charge >= 0.3 is 5.97 Å². The predicted octanol–water partition coefficient (Wildman–Crippen LogP) is 2.10. The highest BCUT2D eigenvalue weighted by atomic mass is 16.5. The number of carbonyl (C=O) groups is 3. The number of amides is 2. The highest BCUT2D eigenvalue weighted by molar-refractivity contribution is 6.01. The van der Waals surface area contributed by atoms with E-state index in [0.29, 0.717) is 22.7 Å². The van der Waals surface area contributed by atoms with Crippen molar-refractivity contribution in [3.63, 3.8) is 0 Å². The van der Waals surface area contributed by atoms with Crippen molar-refractivity contribution in [1.29, 1.82) is 5.26 Å². The van der Waals surface area contributed by atoms with E-state index in [1.54, 1.807) is 48.5 Å². The molecular weight excluding hydrogens is 374 g/mol. The number of methoxy groups -OCH3 is 1. The number of ether oxygens (including phenoxy) is 2. The normalized spacial score (nSPS) is 15.5. The highest BCUT2D eigenvalue weighted by Gasteiger charge is 2.37. The Hall–Kier alpha value is -3.86. The number of esters is 1. The van der Waals surface area contributed by atoms with Crippen molar-refractivity contribution in [3.05, 3.63) is 54.1 Å². The van der Waals surface area contributed by atoms with Gasteiger partial charge in [0.1, 0.15) is 5.75 Å². The van der Waals surface area contributed by atoms with Gasteiger partial charge in [-0.15, -0.1) is 0 Å². The number of nitrogens with zero attached hydrogens (tertiary/aromatic N) is 2. The number of anilines is 2. The first kappa shape index (κ1) is 19.9. The summed E-state index contributed by atoms with van der Waals surface area (Å²) in [6.45, 7) is -0.298. The first-order valence-electron chi connectivity index (χ1n) is 8.92. The number of carbonyl (C=O) groups excluding carboxylic acids is 3. The Kier molecular flexibility index (Phi) is 6.09. The minimum Gasteiger partial charge on any atom is -0.495 e. The topological polar surface area (TPSA) is 109 Å². The lowest BCUT2D eigenvalue weighted by molar-refractivity contribution is -0.151. The number of para-hydroxylation sites is 2. The Morgan fingerprint density at radius 1 is 1.21 bits per heavy atom. The van der Waals surface area contributed by atoms with Crippen LogP contribution in [-0.4, -0.2) is 38.0 Å². The number of nitrogens with one attached hydrogen (secondary N) is 1. The second kappa shape index (κ2) is 8.89. The fourth-order valence-electron chi connectivity index (χ4n) is 3.03. The molecule has 0 spiro atoms. The summed E-state index contributed by atoms with van der Waals surface area (Å²) in [5, 5.41) is 11.3. The van der Waals surface area contributed by atoms with Gasteiger partial charge in [-0.25, -0.2) is 0 Å². The van der Waals surface area contributed by atoms with Gasteiger partial charge in [0.25, 0.3) is 5.91 Å². The second-order valence-electron chi connectivity index (χ2n) is 6.42. The zero-order chi connectivity index (χ0) is 20.8. The van der Waals surface area contributed by atoms with E-state index in [-0.39, 0.29) is 18.9 Å². The minimum atomic E-state index is -0.657. The number of hydrogen-bond acceptors (Lipinski definition) is 6. The van der Waals surface area contributed by atoms with Crippen LogP contribution in [0.2, 0.25) is 0 Å². The highest BCUT2D eigenvalue weighted by Crippen LogP contribution is 2.33. The van der Waals surface area contributed by atoms with Crippen LogP contribution in [0.25, 0.3) is 0 Å². The molecule has 0 unspecified atom stereocenters. The zero-order valence-electron chi connectivity index (χ0n) is 15.8. The van der Waals surface area contributed by atoms with Gasteiger partial charge in [-0.2, -0.15) is 5.26 Å². The number of nitriles is 1. The maximum atomic E-state index is 12.3. The summed E-state index contributed by atoms with van der Waals surface area (Å²) in [5.74, 6) is -1.44. The third kappa shape index (κ3) is 4.71. The molecule has 1 aliphatic rings. The van der Waals surface area contributed by atoms with Crippen molar-refractivity contribution in [2.75, 3.05) is 30.5 Å². The Balaban J connectivity index is 1.54. The molecule has 2 aromatic carbocycles. The Bertz CT molecular complexity index is 965. The van der Waals surface area contributed by atoms with Gasteiger partial charge in [-0.1, -0.05) is 12.1 Å². The van der Waals surface area contributed by atoms with Gasteiger partial charge in [-0.05, 0) is 36.4 Å². The van der Waals surface area contributed by atoms with Gasteiger partial charge in [0.15, 0.2) is 6.61 Å². The smallest absolute Gasteiger partial charge is 0.311 e. The fourth-order valence-corrected chi connectivity index (χ4v) is 3.03.